The molecule has 4 aromatic rings. The van der Waals surface area contributed by atoms with Gasteiger partial charge in [-0.15, -0.1) is 12.4 Å². The SMILES string of the molecule is Cl.O=C(O)c1ccccc1Oc1cccc(-c2ccc3c(c2)C[C@@H](NC[C@H](O)c2cccc(Cl)c2)CC3)c1. The standard InChI is InChI=1S/C31H28ClNO4.ClH/c32-25-7-3-6-23(16-25)29(34)19-33-26-14-13-20-11-12-22(15-24(20)17-26)21-5-4-8-27(18-21)37-30-10-2-1-9-28(30)31(35)36;/h1-12,15-16,18,26,29,33-34H,13-14,17,19H2,(H,35,36);1H/t26-,29-;/m0./s1. The number of aromatic carboxylic acids is 1. The molecule has 0 saturated heterocycles. The van der Waals surface area contributed by atoms with E-state index in [0.717, 1.165) is 36.0 Å². The van der Waals surface area contributed by atoms with Crippen molar-refractivity contribution in [2.24, 2.45) is 0 Å². The minimum atomic E-state index is -1.02. The molecule has 5 nitrogen and oxygen atoms in total. The van der Waals surface area contributed by atoms with Crippen LogP contribution in [-0.4, -0.2) is 28.8 Å². The molecule has 196 valence electrons. The van der Waals surface area contributed by atoms with Gasteiger partial charge in [-0.05, 0) is 83.5 Å². The van der Waals surface area contributed by atoms with Gasteiger partial charge in [0.1, 0.15) is 17.1 Å². The quantitative estimate of drug-likeness (QED) is 0.218. The number of para-hydroxylation sites is 1. The van der Waals surface area contributed by atoms with Crippen LogP contribution in [0.15, 0.2) is 91.0 Å². The molecule has 0 unspecified atom stereocenters. The van der Waals surface area contributed by atoms with Gasteiger partial charge in [-0.1, -0.05) is 66.2 Å². The highest BCUT2D eigenvalue weighted by molar-refractivity contribution is 6.30. The summed E-state index contributed by atoms with van der Waals surface area (Å²) in [5, 5.41) is 24.2. The minimum Gasteiger partial charge on any atom is -0.478 e. The zero-order valence-corrected chi connectivity index (χ0v) is 22.2. The van der Waals surface area contributed by atoms with Gasteiger partial charge in [0, 0.05) is 17.6 Å². The van der Waals surface area contributed by atoms with Crippen LogP contribution < -0.4 is 10.1 Å². The molecule has 0 bridgehead atoms. The van der Waals surface area contributed by atoms with Crippen molar-refractivity contribution in [1.29, 1.82) is 0 Å². The Morgan fingerprint density at radius 2 is 1.74 bits per heavy atom. The average molecular weight is 550 g/mol. The number of aliphatic hydroxyl groups excluding tert-OH is 1. The summed E-state index contributed by atoms with van der Waals surface area (Å²) in [6.07, 6.45) is 2.27. The molecule has 3 N–H and O–H groups in total. The van der Waals surface area contributed by atoms with Gasteiger partial charge in [-0.25, -0.2) is 4.79 Å². The van der Waals surface area contributed by atoms with Crippen LogP contribution in [0.4, 0.5) is 0 Å². The number of benzene rings is 4. The molecule has 2 atom stereocenters. The van der Waals surface area contributed by atoms with E-state index < -0.39 is 12.1 Å². The molecule has 38 heavy (non-hydrogen) atoms. The number of hydrogen-bond donors (Lipinski definition) is 3. The summed E-state index contributed by atoms with van der Waals surface area (Å²) in [7, 11) is 0. The van der Waals surface area contributed by atoms with Gasteiger partial charge in [0.2, 0.25) is 0 Å². The lowest BCUT2D eigenvalue weighted by atomic mass is 9.86. The van der Waals surface area contributed by atoms with Crippen molar-refractivity contribution in [3.8, 4) is 22.6 Å². The molecule has 4 aromatic carbocycles. The van der Waals surface area contributed by atoms with Gasteiger partial charge in [-0.2, -0.15) is 0 Å². The van der Waals surface area contributed by atoms with E-state index in [1.807, 2.05) is 36.4 Å². The Labute approximate surface area is 233 Å². The molecule has 7 heteroatoms. The zero-order valence-electron chi connectivity index (χ0n) is 20.6. The molecule has 5 rings (SSSR count). The molecule has 0 spiro atoms. The second-order valence-electron chi connectivity index (χ2n) is 9.33. The number of aryl methyl sites for hydroxylation is 1. The van der Waals surface area contributed by atoms with Crippen molar-refractivity contribution in [2.75, 3.05) is 6.54 Å². The third-order valence-electron chi connectivity index (χ3n) is 6.78. The fraction of sp³-hybridized carbons (Fsp3) is 0.194. The van der Waals surface area contributed by atoms with Crippen molar-refractivity contribution in [3.05, 3.63) is 118 Å². The summed E-state index contributed by atoms with van der Waals surface area (Å²) in [6, 6.07) is 28.5. The maximum atomic E-state index is 11.5. The number of fused-ring (bicyclic) bond motifs is 1. The first-order valence-electron chi connectivity index (χ1n) is 12.4. The summed E-state index contributed by atoms with van der Waals surface area (Å²) in [5.41, 5.74) is 5.66. The fourth-order valence-electron chi connectivity index (χ4n) is 4.82. The van der Waals surface area contributed by atoms with E-state index in [1.165, 1.54) is 17.2 Å². The van der Waals surface area contributed by atoms with E-state index in [0.29, 0.717) is 23.1 Å². The van der Waals surface area contributed by atoms with Gasteiger partial charge in [0.25, 0.3) is 0 Å². The number of carboxylic acids is 1. The van der Waals surface area contributed by atoms with Gasteiger partial charge in [-0.3, -0.25) is 0 Å². The monoisotopic (exact) mass is 549 g/mol. The lowest BCUT2D eigenvalue weighted by Crippen LogP contribution is -2.37. The van der Waals surface area contributed by atoms with Crippen LogP contribution >= 0.6 is 24.0 Å². The first kappa shape index (κ1) is 27.7. The van der Waals surface area contributed by atoms with E-state index in [4.69, 9.17) is 16.3 Å². The van der Waals surface area contributed by atoms with Crippen LogP contribution in [0.3, 0.4) is 0 Å². The van der Waals surface area contributed by atoms with E-state index in [9.17, 15) is 15.0 Å². The number of hydrogen-bond acceptors (Lipinski definition) is 4. The summed E-state index contributed by atoms with van der Waals surface area (Å²) in [4.78, 5) is 11.5. The lowest BCUT2D eigenvalue weighted by Gasteiger charge is -2.27. The third kappa shape index (κ3) is 6.55. The van der Waals surface area contributed by atoms with E-state index in [-0.39, 0.29) is 24.0 Å². The summed E-state index contributed by atoms with van der Waals surface area (Å²) >= 11 is 6.07. The van der Waals surface area contributed by atoms with Crippen molar-refractivity contribution >= 4 is 30.0 Å². The molecule has 0 fully saturated rings. The van der Waals surface area contributed by atoms with Crippen LogP contribution in [0.25, 0.3) is 11.1 Å². The minimum absolute atomic E-state index is 0. The molecule has 0 aromatic heterocycles. The first-order chi connectivity index (χ1) is 18.0. The number of halogens is 2. The number of nitrogens with one attached hydrogen (secondary N) is 1. The van der Waals surface area contributed by atoms with Gasteiger partial charge in [0.15, 0.2) is 0 Å². The van der Waals surface area contributed by atoms with Crippen molar-refractivity contribution in [1.82, 2.24) is 5.32 Å². The normalized spacial score (nSPS) is 15.2. The second-order valence-corrected chi connectivity index (χ2v) is 9.77. The highest BCUT2D eigenvalue weighted by atomic mass is 35.5. The molecule has 0 amide bonds. The number of ether oxygens (including phenoxy) is 1. The Kier molecular flexibility index (Phi) is 9.08. The third-order valence-corrected chi connectivity index (χ3v) is 7.02. The van der Waals surface area contributed by atoms with E-state index in [2.05, 4.69) is 23.5 Å². The molecule has 1 aliphatic carbocycles. The second kappa shape index (κ2) is 12.5. The topological polar surface area (TPSA) is 78.8 Å². The highest BCUT2D eigenvalue weighted by Gasteiger charge is 2.20. The Morgan fingerprint density at radius 3 is 2.55 bits per heavy atom. The maximum absolute atomic E-state index is 11.5. The molecular formula is C31H29Cl2NO4. The van der Waals surface area contributed by atoms with Crippen molar-refractivity contribution in [2.45, 2.75) is 31.4 Å². The number of rotatable bonds is 8. The highest BCUT2D eigenvalue weighted by Crippen LogP contribution is 2.32. The van der Waals surface area contributed by atoms with Gasteiger partial charge >= 0.3 is 5.97 Å². The van der Waals surface area contributed by atoms with Crippen molar-refractivity contribution < 1.29 is 19.7 Å². The predicted octanol–water partition coefficient (Wildman–Crippen LogP) is 7.10. The number of carboxylic acid groups (broad SMARTS) is 1. The molecule has 1 aliphatic rings. The summed E-state index contributed by atoms with van der Waals surface area (Å²) in [6.45, 7) is 0.469. The van der Waals surface area contributed by atoms with Crippen LogP contribution in [-0.2, 0) is 12.8 Å². The predicted molar refractivity (Wildman–Crippen MR) is 153 cm³/mol. The fourth-order valence-corrected chi connectivity index (χ4v) is 5.02. The lowest BCUT2D eigenvalue weighted by molar-refractivity contribution is 0.0694. The molecule has 0 aliphatic heterocycles. The van der Waals surface area contributed by atoms with Gasteiger partial charge < -0.3 is 20.3 Å². The number of aliphatic hydroxyl groups is 1. The van der Waals surface area contributed by atoms with Crippen molar-refractivity contribution in [3.63, 3.8) is 0 Å². The zero-order chi connectivity index (χ0) is 25.8. The number of carbonyl (C=O) groups is 1. The first-order valence-corrected chi connectivity index (χ1v) is 12.7. The van der Waals surface area contributed by atoms with Crippen LogP contribution in [0.2, 0.25) is 5.02 Å². The summed E-state index contributed by atoms with van der Waals surface area (Å²) < 4.78 is 5.94. The van der Waals surface area contributed by atoms with E-state index >= 15 is 0 Å². The largest absolute Gasteiger partial charge is 0.478 e. The average Bonchev–Trinajstić information content (AvgIpc) is 2.91. The molecule has 0 radical (unpaired) electrons. The Bertz CT molecular complexity index is 1420. The van der Waals surface area contributed by atoms with Crippen LogP contribution in [0.5, 0.6) is 11.5 Å². The Balaban J connectivity index is 0.00000336. The van der Waals surface area contributed by atoms with Crippen LogP contribution in [0.1, 0.15) is 39.6 Å². The Morgan fingerprint density at radius 1 is 0.947 bits per heavy atom. The summed E-state index contributed by atoms with van der Waals surface area (Å²) in [5.74, 6) is -0.130. The molecule has 0 saturated carbocycles. The molecular weight excluding hydrogens is 521 g/mol. The maximum Gasteiger partial charge on any atom is 0.339 e. The molecule has 0 heterocycles. The Hall–Kier alpha value is -3.35. The smallest absolute Gasteiger partial charge is 0.339 e. The van der Waals surface area contributed by atoms with E-state index in [1.54, 1.807) is 30.3 Å². The van der Waals surface area contributed by atoms with Gasteiger partial charge in [0.05, 0.1) is 6.10 Å². The van der Waals surface area contributed by atoms with Crippen LogP contribution in [0, 0.1) is 0 Å².